The fourth-order valence-electron chi connectivity index (χ4n) is 2.87. The van der Waals surface area contributed by atoms with E-state index in [0.717, 1.165) is 38.5 Å². The normalized spacial score (nSPS) is 11.6. The van der Waals surface area contributed by atoms with Crippen molar-refractivity contribution < 1.29 is 4.74 Å². The molecule has 0 aliphatic carbocycles. The molecule has 0 aliphatic heterocycles. The minimum absolute atomic E-state index is 0.720. The number of methoxy groups -OCH3 is 1. The zero-order chi connectivity index (χ0) is 19.3. The summed E-state index contributed by atoms with van der Waals surface area (Å²) in [6, 6.07) is 20.4. The first-order valence-electron chi connectivity index (χ1n) is 8.75. The van der Waals surface area contributed by atoms with Gasteiger partial charge in [0.2, 0.25) is 0 Å². The van der Waals surface area contributed by atoms with Crippen LogP contribution in [0.4, 0.5) is 5.69 Å². The largest absolute Gasteiger partial charge is 0.497 e. The van der Waals surface area contributed by atoms with Gasteiger partial charge in [0, 0.05) is 16.0 Å². The van der Waals surface area contributed by atoms with E-state index >= 15 is 0 Å². The number of hydrogen-bond acceptors (Lipinski definition) is 4. The molecule has 2 aromatic heterocycles. The maximum atomic E-state index is 5.28. The van der Waals surface area contributed by atoms with Crippen LogP contribution in [0.2, 0.25) is 0 Å². The second kappa shape index (κ2) is 8.54. The van der Waals surface area contributed by atoms with E-state index in [-0.39, 0.29) is 0 Å². The molecule has 2 aromatic carbocycles. The second-order valence-corrected chi connectivity index (χ2v) is 7.92. The number of aromatic nitrogens is 2. The number of benzene rings is 2. The molecule has 6 heteroatoms. The van der Waals surface area contributed by atoms with Crippen molar-refractivity contribution in [2.75, 3.05) is 7.11 Å². The first-order chi connectivity index (χ1) is 13.7. The Morgan fingerprint density at radius 3 is 2.54 bits per heavy atom. The smallest absolute Gasteiger partial charge is 0.190 e. The molecule has 28 heavy (non-hydrogen) atoms. The lowest BCUT2D eigenvalue weighted by Crippen LogP contribution is -2.16. The molecule has 0 aliphatic rings. The summed E-state index contributed by atoms with van der Waals surface area (Å²) in [4.78, 5) is 9.92. The highest BCUT2D eigenvalue weighted by Crippen LogP contribution is 2.24. The summed E-state index contributed by atoms with van der Waals surface area (Å²) in [7, 11) is 1.68. The third kappa shape index (κ3) is 4.24. The zero-order valence-electron chi connectivity index (χ0n) is 15.2. The topological polar surface area (TPSA) is 39.4 Å². The standard InChI is InChI=1S/C22H18BrN3OS/c1-27-20-10-4-16(5-11-20)14-26-21(17-6-8-18(23)9-7-17)15-28-22(26)25-19-3-2-12-24-13-19/h2-13,15H,14H2,1H3. The second-order valence-electron chi connectivity index (χ2n) is 6.17. The average Bonchev–Trinajstić information content (AvgIpc) is 3.12. The molecule has 4 aromatic rings. The van der Waals surface area contributed by atoms with Gasteiger partial charge in [0.1, 0.15) is 5.75 Å². The van der Waals surface area contributed by atoms with Crippen molar-refractivity contribution in [3.05, 3.63) is 93.3 Å². The monoisotopic (exact) mass is 451 g/mol. The zero-order valence-corrected chi connectivity index (χ0v) is 17.7. The number of ether oxygens (including phenoxy) is 1. The Kier molecular flexibility index (Phi) is 5.69. The summed E-state index contributed by atoms with van der Waals surface area (Å²) in [5, 5.41) is 2.15. The molecule has 4 nitrogen and oxygen atoms in total. The van der Waals surface area contributed by atoms with Crippen LogP contribution in [0, 0.1) is 0 Å². The first kappa shape index (κ1) is 18.7. The molecule has 0 saturated heterocycles. The molecule has 0 amide bonds. The predicted molar refractivity (Wildman–Crippen MR) is 117 cm³/mol. The van der Waals surface area contributed by atoms with E-state index in [9.17, 15) is 0 Å². The highest BCUT2D eigenvalue weighted by molar-refractivity contribution is 9.10. The Labute approximate surface area is 175 Å². The maximum Gasteiger partial charge on any atom is 0.190 e. The predicted octanol–water partition coefficient (Wildman–Crippen LogP) is 5.66. The Bertz CT molecular complexity index is 1120. The minimum atomic E-state index is 0.720. The van der Waals surface area contributed by atoms with E-state index in [1.54, 1.807) is 30.8 Å². The van der Waals surface area contributed by atoms with Gasteiger partial charge in [-0.15, -0.1) is 11.3 Å². The lowest BCUT2D eigenvalue weighted by atomic mass is 10.1. The van der Waals surface area contributed by atoms with Gasteiger partial charge in [0.05, 0.1) is 31.2 Å². The molecule has 0 N–H and O–H groups in total. The quantitative estimate of drug-likeness (QED) is 0.392. The number of hydrogen-bond donors (Lipinski definition) is 0. The first-order valence-corrected chi connectivity index (χ1v) is 10.4. The van der Waals surface area contributed by atoms with Crippen LogP contribution in [-0.4, -0.2) is 16.7 Å². The molecular formula is C22H18BrN3OS. The molecule has 4 rings (SSSR count). The van der Waals surface area contributed by atoms with Crippen molar-refractivity contribution in [2.45, 2.75) is 6.54 Å². The van der Waals surface area contributed by atoms with E-state index in [0.29, 0.717) is 0 Å². The van der Waals surface area contributed by atoms with Crippen LogP contribution in [0.15, 0.2) is 87.9 Å². The molecule has 0 bridgehead atoms. The van der Waals surface area contributed by atoms with E-state index in [2.05, 4.69) is 67.3 Å². The lowest BCUT2D eigenvalue weighted by molar-refractivity contribution is 0.414. The number of nitrogens with zero attached hydrogens (tertiary/aromatic N) is 3. The van der Waals surface area contributed by atoms with E-state index < -0.39 is 0 Å². The van der Waals surface area contributed by atoms with Gasteiger partial charge in [-0.25, -0.2) is 4.99 Å². The van der Waals surface area contributed by atoms with Gasteiger partial charge in [0.25, 0.3) is 0 Å². The Morgan fingerprint density at radius 1 is 1.07 bits per heavy atom. The molecular weight excluding hydrogens is 434 g/mol. The average molecular weight is 452 g/mol. The minimum Gasteiger partial charge on any atom is -0.497 e. The summed E-state index contributed by atoms with van der Waals surface area (Å²) in [6.45, 7) is 0.720. The molecule has 0 fully saturated rings. The van der Waals surface area contributed by atoms with E-state index in [1.807, 2.05) is 24.3 Å². The molecule has 0 radical (unpaired) electrons. The number of pyridine rings is 1. The van der Waals surface area contributed by atoms with Gasteiger partial charge >= 0.3 is 0 Å². The number of thiazole rings is 1. The summed E-state index contributed by atoms with van der Waals surface area (Å²) in [5.41, 5.74) is 4.32. The van der Waals surface area contributed by atoms with Crippen LogP contribution in [0.3, 0.4) is 0 Å². The van der Waals surface area contributed by atoms with E-state index in [1.165, 1.54) is 5.56 Å². The molecule has 0 spiro atoms. The van der Waals surface area contributed by atoms with Gasteiger partial charge in [-0.3, -0.25) is 4.98 Å². The van der Waals surface area contributed by atoms with Crippen LogP contribution in [-0.2, 0) is 6.54 Å². The third-order valence-electron chi connectivity index (χ3n) is 4.31. The Morgan fingerprint density at radius 2 is 1.86 bits per heavy atom. The number of halogens is 1. The summed E-state index contributed by atoms with van der Waals surface area (Å²) in [5.74, 6) is 0.854. The molecule has 0 atom stereocenters. The highest BCUT2D eigenvalue weighted by atomic mass is 79.9. The third-order valence-corrected chi connectivity index (χ3v) is 5.70. The Hall–Kier alpha value is -2.70. The lowest BCUT2D eigenvalue weighted by Gasteiger charge is -2.10. The summed E-state index contributed by atoms with van der Waals surface area (Å²) < 4.78 is 8.58. The summed E-state index contributed by atoms with van der Waals surface area (Å²) >= 11 is 5.14. The highest BCUT2D eigenvalue weighted by Gasteiger charge is 2.09. The fourth-order valence-corrected chi connectivity index (χ4v) is 4.06. The van der Waals surface area contributed by atoms with E-state index in [4.69, 9.17) is 9.73 Å². The van der Waals surface area contributed by atoms with Crippen LogP contribution < -0.4 is 9.54 Å². The maximum absolute atomic E-state index is 5.28. The molecule has 140 valence electrons. The Balaban J connectivity index is 1.80. The number of rotatable bonds is 5. The summed E-state index contributed by atoms with van der Waals surface area (Å²) in [6.07, 6.45) is 3.53. The van der Waals surface area contributed by atoms with Crippen molar-refractivity contribution >= 4 is 33.0 Å². The van der Waals surface area contributed by atoms with Crippen molar-refractivity contribution in [1.82, 2.24) is 9.55 Å². The van der Waals surface area contributed by atoms with Gasteiger partial charge in [-0.2, -0.15) is 0 Å². The molecule has 0 unspecified atom stereocenters. The van der Waals surface area contributed by atoms with Gasteiger partial charge in [-0.1, -0.05) is 40.2 Å². The van der Waals surface area contributed by atoms with Gasteiger partial charge < -0.3 is 9.30 Å². The SMILES string of the molecule is COc1ccc(Cn2c(-c3ccc(Br)cc3)csc2=Nc2cccnc2)cc1. The molecule has 0 saturated carbocycles. The molecule has 2 heterocycles. The van der Waals surface area contributed by atoms with Crippen molar-refractivity contribution in [2.24, 2.45) is 4.99 Å². The van der Waals surface area contributed by atoms with Crippen LogP contribution in [0.25, 0.3) is 11.3 Å². The van der Waals surface area contributed by atoms with Crippen LogP contribution >= 0.6 is 27.3 Å². The van der Waals surface area contributed by atoms with Crippen LogP contribution in [0.5, 0.6) is 5.75 Å². The van der Waals surface area contributed by atoms with Crippen LogP contribution in [0.1, 0.15) is 5.56 Å². The van der Waals surface area contributed by atoms with Gasteiger partial charge in [0.15, 0.2) is 4.80 Å². The fraction of sp³-hybridized carbons (Fsp3) is 0.0909. The van der Waals surface area contributed by atoms with Gasteiger partial charge in [-0.05, 0) is 47.5 Å². The van der Waals surface area contributed by atoms with Crippen molar-refractivity contribution in [3.63, 3.8) is 0 Å². The van der Waals surface area contributed by atoms with Crippen molar-refractivity contribution in [3.8, 4) is 17.0 Å². The van der Waals surface area contributed by atoms with Crippen molar-refractivity contribution in [1.29, 1.82) is 0 Å².